The van der Waals surface area contributed by atoms with Crippen LogP contribution in [0.25, 0.3) is 11.1 Å². The molecule has 2 aliphatic carbocycles. The van der Waals surface area contributed by atoms with Crippen molar-refractivity contribution >= 4 is 18.0 Å². The van der Waals surface area contributed by atoms with Gasteiger partial charge in [-0.2, -0.15) is 0 Å². The number of ether oxygens (including phenoxy) is 1. The maximum Gasteiger partial charge on any atom is 0.407 e. The number of benzene rings is 2. The molecule has 0 spiro atoms. The average molecular weight is 477 g/mol. The smallest absolute Gasteiger partial charge is 0.407 e. The lowest BCUT2D eigenvalue weighted by atomic mass is 9.98. The second kappa shape index (κ2) is 10.1. The highest BCUT2D eigenvalue weighted by Crippen LogP contribution is 2.44. The predicted octanol–water partition coefficient (Wildman–Crippen LogP) is 4.55. The van der Waals surface area contributed by atoms with Gasteiger partial charge in [0.15, 0.2) is 0 Å². The Morgan fingerprint density at radius 2 is 1.63 bits per heavy atom. The van der Waals surface area contributed by atoms with Crippen molar-refractivity contribution < 1.29 is 24.2 Å². The quantitative estimate of drug-likeness (QED) is 0.611. The zero-order chi connectivity index (χ0) is 24.4. The van der Waals surface area contributed by atoms with E-state index in [0.717, 1.165) is 32.1 Å². The molecule has 3 atom stereocenters. The normalized spacial score (nSPS) is 23.1. The molecule has 1 saturated carbocycles. The number of carbonyl (C=O) groups excluding carboxylic acids is 2. The lowest BCUT2D eigenvalue weighted by Gasteiger charge is -2.25. The molecule has 35 heavy (non-hydrogen) atoms. The Morgan fingerprint density at radius 1 is 0.943 bits per heavy atom. The summed E-state index contributed by atoms with van der Waals surface area (Å²) in [6, 6.07) is 16.3. The molecule has 7 heteroatoms. The minimum Gasteiger partial charge on any atom is -0.481 e. The monoisotopic (exact) mass is 476 g/mol. The molecule has 1 heterocycles. The van der Waals surface area contributed by atoms with Crippen LogP contribution in [0.4, 0.5) is 4.79 Å². The molecule has 7 nitrogen and oxygen atoms in total. The zero-order valence-electron chi connectivity index (χ0n) is 19.8. The van der Waals surface area contributed by atoms with Crippen LogP contribution in [0.15, 0.2) is 48.5 Å². The summed E-state index contributed by atoms with van der Waals surface area (Å²) in [5, 5.41) is 12.1. The molecular weight excluding hydrogens is 444 g/mol. The van der Waals surface area contributed by atoms with Crippen LogP contribution < -0.4 is 5.32 Å². The first-order chi connectivity index (χ1) is 17.0. The summed E-state index contributed by atoms with van der Waals surface area (Å²) in [7, 11) is 0. The number of aliphatic carboxylic acids is 1. The highest BCUT2D eigenvalue weighted by molar-refractivity contribution is 5.79. The summed E-state index contributed by atoms with van der Waals surface area (Å²) in [4.78, 5) is 38.2. The van der Waals surface area contributed by atoms with E-state index in [1.54, 1.807) is 4.90 Å². The van der Waals surface area contributed by atoms with Gasteiger partial charge in [0.05, 0.1) is 6.42 Å². The molecule has 2 aromatic rings. The lowest BCUT2D eigenvalue weighted by molar-refractivity contribution is -0.140. The molecule has 1 aliphatic heterocycles. The van der Waals surface area contributed by atoms with Crippen LogP contribution in [0.1, 0.15) is 62.0 Å². The standard InChI is InChI=1S/C28H32N2O5/c31-26(30-13-5-6-20(30)16-27(32)33)15-18-11-12-19(14-18)29-28(34)35-17-25-23-9-3-1-7-21(23)22-8-2-4-10-24(22)25/h1-4,7-10,18-20,25H,5-6,11-17H2,(H,29,34)(H,32,33). The van der Waals surface area contributed by atoms with E-state index in [2.05, 4.69) is 29.6 Å². The van der Waals surface area contributed by atoms with Crippen molar-refractivity contribution in [3.8, 4) is 11.1 Å². The Bertz CT molecular complexity index is 1070. The van der Waals surface area contributed by atoms with E-state index in [0.29, 0.717) is 13.0 Å². The predicted molar refractivity (Wildman–Crippen MR) is 131 cm³/mol. The number of rotatable bonds is 7. The number of fused-ring (bicyclic) bond motifs is 3. The van der Waals surface area contributed by atoms with Gasteiger partial charge in [-0.3, -0.25) is 9.59 Å². The Labute approximate surface area is 205 Å². The van der Waals surface area contributed by atoms with Crippen molar-refractivity contribution in [1.82, 2.24) is 10.2 Å². The second-order valence-electron chi connectivity index (χ2n) is 10.0. The first-order valence-corrected chi connectivity index (χ1v) is 12.6. The number of alkyl carbamates (subject to hydrolysis) is 1. The van der Waals surface area contributed by atoms with Crippen molar-refractivity contribution in [2.45, 2.75) is 62.9 Å². The van der Waals surface area contributed by atoms with Gasteiger partial charge in [0.25, 0.3) is 0 Å². The van der Waals surface area contributed by atoms with Gasteiger partial charge in [-0.1, -0.05) is 48.5 Å². The van der Waals surface area contributed by atoms with Crippen LogP contribution in [0, 0.1) is 5.92 Å². The van der Waals surface area contributed by atoms with Gasteiger partial charge < -0.3 is 20.1 Å². The van der Waals surface area contributed by atoms with Crippen LogP contribution in [0.2, 0.25) is 0 Å². The number of hydrogen-bond donors (Lipinski definition) is 2. The molecule has 2 fully saturated rings. The van der Waals surface area contributed by atoms with Crippen LogP contribution >= 0.6 is 0 Å². The van der Waals surface area contributed by atoms with E-state index in [-0.39, 0.29) is 42.9 Å². The third-order valence-corrected chi connectivity index (χ3v) is 7.78. The first kappa shape index (κ1) is 23.4. The highest BCUT2D eigenvalue weighted by atomic mass is 16.5. The summed E-state index contributed by atoms with van der Waals surface area (Å²) in [5.41, 5.74) is 4.76. The molecule has 2 N–H and O–H groups in total. The van der Waals surface area contributed by atoms with E-state index in [1.165, 1.54) is 22.3 Å². The van der Waals surface area contributed by atoms with Crippen molar-refractivity contribution in [3.63, 3.8) is 0 Å². The fourth-order valence-corrected chi connectivity index (χ4v) is 6.14. The van der Waals surface area contributed by atoms with Crippen LogP contribution in [-0.2, 0) is 14.3 Å². The maximum absolute atomic E-state index is 12.8. The SMILES string of the molecule is O=C(O)CC1CCCN1C(=O)CC1CCC(NC(=O)OCC2c3ccccc3-c3ccccc32)C1. The molecule has 2 amide bonds. The third kappa shape index (κ3) is 5.04. The highest BCUT2D eigenvalue weighted by Gasteiger charge is 2.34. The number of amides is 2. The van der Waals surface area contributed by atoms with E-state index >= 15 is 0 Å². The summed E-state index contributed by atoms with van der Waals surface area (Å²) >= 11 is 0. The molecule has 0 bridgehead atoms. The van der Waals surface area contributed by atoms with Gasteiger partial charge in [-0.05, 0) is 60.3 Å². The number of carbonyl (C=O) groups is 3. The lowest BCUT2D eigenvalue weighted by Crippen LogP contribution is -2.38. The molecule has 3 unspecified atom stereocenters. The molecule has 0 radical (unpaired) electrons. The van der Waals surface area contributed by atoms with Crippen LogP contribution in [-0.4, -0.2) is 53.2 Å². The molecule has 5 rings (SSSR count). The van der Waals surface area contributed by atoms with Gasteiger partial charge in [0.1, 0.15) is 6.61 Å². The van der Waals surface area contributed by atoms with Gasteiger partial charge in [-0.25, -0.2) is 4.79 Å². The van der Waals surface area contributed by atoms with Crippen molar-refractivity contribution in [3.05, 3.63) is 59.7 Å². The van der Waals surface area contributed by atoms with Crippen LogP contribution in [0.3, 0.4) is 0 Å². The van der Waals surface area contributed by atoms with Crippen molar-refractivity contribution in [2.24, 2.45) is 5.92 Å². The number of carboxylic acid groups (broad SMARTS) is 1. The van der Waals surface area contributed by atoms with Crippen molar-refractivity contribution in [2.75, 3.05) is 13.2 Å². The van der Waals surface area contributed by atoms with Crippen LogP contribution in [0.5, 0.6) is 0 Å². The number of carboxylic acids is 1. The molecule has 3 aliphatic rings. The summed E-state index contributed by atoms with van der Waals surface area (Å²) < 4.78 is 5.67. The van der Waals surface area contributed by atoms with Crippen molar-refractivity contribution in [1.29, 1.82) is 0 Å². The Kier molecular flexibility index (Phi) is 6.75. The van der Waals surface area contributed by atoms with Gasteiger partial charge in [-0.15, -0.1) is 0 Å². The largest absolute Gasteiger partial charge is 0.481 e. The molecule has 2 aromatic carbocycles. The second-order valence-corrected chi connectivity index (χ2v) is 10.0. The number of likely N-dealkylation sites (tertiary alicyclic amines) is 1. The molecule has 184 valence electrons. The first-order valence-electron chi connectivity index (χ1n) is 12.6. The van der Waals surface area contributed by atoms with E-state index in [1.807, 2.05) is 24.3 Å². The molecule has 1 saturated heterocycles. The topological polar surface area (TPSA) is 95.9 Å². The number of nitrogens with one attached hydrogen (secondary N) is 1. The fourth-order valence-electron chi connectivity index (χ4n) is 6.14. The Hall–Kier alpha value is -3.35. The number of nitrogens with zero attached hydrogens (tertiary/aromatic N) is 1. The fraction of sp³-hybridized carbons (Fsp3) is 0.464. The summed E-state index contributed by atoms with van der Waals surface area (Å²) in [6.45, 7) is 0.930. The minimum absolute atomic E-state index is 0.00292. The van der Waals surface area contributed by atoms with E-state index in [9.17, 15) is 14.4 Å². The van der Waals surface area contributed by atoms with Gasteiger partial charge >= 0.3 is 12.1 Å². The van der Waals surface area contributed by atoms with E-state index < -0.39 is 12.1 Å². The minimum atomic E-state index is -0.858. The Balaban J connectivity index is 1.11. The Morgan fingerprint density at radius 3 is 2.31 bits per heavy atom. The summed E-state index contributed by atoms with van der Waals surface area (Å²) in [5.74, 6) is -0.586. The van der Waals surface area contributed by atoms with E-state index in [4.69, 9.17) is 9.84 Å². The summed E-state index contributed by atoms with van der Waals surface area (Å²) in [6.07, 6.45) is 4.08. The number of hydrogen-bond acceptors (Lipinski definition) is 4. The molecular formula is C28H32N2O5. The maximum atomic E-state index is 12.8. The average Bonchev–Trinajstić information content (AvgIpc) is 3.55. The van der Waals surface area contributed by atoms with Gasteiger partial charge in [0.2, 0.25) is 5.91 Å². The zero-order valence-corrected chi connectivity index (χ0v) is 19.8. The van der Waals surface area contributed by atoms with Gasteiger partial charge in [0, 0.05) is 31.0 Å². The molecule has 0 aromatic heterocycles. The third-order valence-electron chi connectivity index (χ3n) is 7.78.